The molecule has 0 aromatic heterocycles. The van der Waals surface area contributed by atoms with Gasteiger partial charge >= 0.3 is 0 Å². The van der Waals surface area contributed by atoms with E-state index in [1.54, 1.807) is 0 Å². The summed E-state index contributed by atoms with van der Waals surface area (Å²) in [6, 6.07) is 9.76. The fourth-order valence-corrected chi connectivity index (χ4v) is 1.10. The lowest BCUT2D eigenvalue weighted by Gasteiger charge is -2.17. The van der Waals surface area contributed by atoms with E-state index in [4.69, 9.17) is 5.73 Å². The van der Waals surface area contributed by atoms with Crippen LogP contribution in [0.25, 0.3) is 0 Å². The van der Waals surface area contributed by atoms with E-state index in [9.17, 15) is 9.90 Å². The number of aliphatic hydroxyl groups is 1. The molecule has 0 unspecified atom stereocenters. The van der Waals surface area contributed by atoms with Gasteiger partial charge in [0.05, 0.1) is 12.6 Å². The molecule has 0 bridgehead atoms. The van der Waals surface area contributed by atoms with Crippen molar-refractivity contribution in [2.45, 2.75) is 19.1 Å². The highest BCUT2D eigenvalue weighted by Crippen LogP contribution is 2.15. The van der Waals surface area contributed by atoms with E-state index in [1.165, 1.54) is 0 Å². The number of nitrogens with one attached hydrogen (secondary N) is 1. The fourth-order valence-electron chi connectivity index (χ4n) is 1.10. The van der Waals surface area contributed by atoms with Gasteiger partial charge in [-0.05, 0) is 19.5 Å². The summed E-state index contributed by atoms with van der Waals surface area (Å²) in [6.45, 7) is 1.90. The third-order valence-corrected chi connectivity index (χ3v) is 2.27. The third kappa shape index (κ3) is 6.68. The second-order valence-electron chi connectivity index (χ2n) is 3.60. The maximum atomic E-state index is 9.73. The molecule has 6 N–H and O–H groups in total. The number of likely N-dealkylation sites (N-methyl/N-ethyl adjacent to an activating group) is 1. The number of primary amides is 1. The van der Waals surface area contributed by atoms with Gasteiger partial charge in [-0.25, -0.2) is 0 Å². The van der Waals surface area contributed by atoms with Gasteiger partial charge in [-0.1, -0.05) is 30.3 Å². The summed E-state index contributed by atoms with van der Waals surface area (Å²) in [7, 11) is 1.84. The molecule has 0 radical (unpaired) electrons. The molecule has 1 amide bonds. The minimum atomic E-state index is -0.468. The van der Waals surface area contributed by atoms with Crippen molar-refractivity contribution in [3.63, 3.8) is 0 Å². The number of hydrogen-bond donors (Lipinski definition) is 4. The van der Waals surface area contributed by atoms with Crippen LogP contribution in [0.4, 0.5) is 0 Å². The topological polar surface area (TPSA) is 101 Å². The van der Waals surface area contributed by atoms with E-state index < -0.39 is 12.0 Å². The predicted molar refractivity (Wildman–Crippen MR) is 68.2 cm³/mol. The predicted octanol–water partition coefficient (Wildman–Crippen LogP) is -0.242. The van der Waals surface area contributed by atoms with Crippen LogP contribution in [0.2, 0.25) is 0 Å². The van der Waals surface area contributed by atoms with E-state index in [1.807, 2.05) is 44.3 Å². The van der Waals surface area contributed by atoms with Crippen LogP contribution >= 0.6 is 0 Å². The van der Waals surface area contributed by atoms with Crippen LogP contribution in [0.3, 0.4) is 0 Å². The standard InChI is InChI=1S/C10H15NO.C2H6N2O/c1-8(11-2)10(12)9-6-4-3-5-7-9;3-1-2(4)5/h3-8,10-12H,1-2H3;1,3H2,(H2,4,5)/t8-,10+;/m1./s1. The zero-order valence-electron chi connectivity index (χ0n) is 10.3. The molecule has 0 aliphatic carbocycles. The number of benzene rings is 1. The van der Waals surface area contributed by atoms with Gasteiger partial charge in [-0.2, -0.15) is 0 Å². The summed E-state index contributed by atoms with van der Waals surface area (Å²) in [5.41, 5.74) is 10.2. The molecule has 0 aliphatic rings. The first-order chi connectivity index (χ1) is 8.02. The molecule has 1 rings (SSSR count). The maximum absolute atomic E-state index is 9.73. The minimum Gasteiger partial charge on any atom is -0.387 e. The summed E-state index contributed by atoms with van der Waals surface area (Å²) in [5, 5.41) is 12.7. The van der Waals surface area contributed by atoms with Crippen LogP contribution in [-0.2, 0) is 4.79 Å². The Morgan fingerprint density at radius 3 is 2.24 bits per heavy atom. The summed E-state index contributed by atoms with van der Waals surface area (Å²) >= 11 is 0. The number of hydrogen-bond acceptors (Lipinski definition) is 4. The Hall–Kier alpha value is -1.43. The Bertz CT molecular complexity index is 317. The zero-order chi connectivity index (χ0) is 13.3. The molecule has 0 fully saturated rings. The van der Waals surface area contributed by atoms with Gasteiger partial charge in [0.25, 0.3) is 0 Å². The number of rotatable bonds is 4. The molecule has 5 nitrogen and oxygen atoms in total. The molecule has 0 saturated carbocycles. The molecule has 1 aromatic rings. The van der Waals surface area contributed by atoms with Crippen molar-refractivity contribution in [2.75, 3.05) is 13.6 Å². The van der Waals surface area contributed by atoms with Gasteiger partial charge in [0.15, 0.2) is 0 Å². The molecule has 0 heterocycles. The number of nitrogens with two attached hydrogens (primary N) is 2. The van der Waals surface area contributed by atoms with Crippen LogP contribution in [0, 0.1) is 0 Å². The zero-order valence-corrected chi connectivity index (χ0v) is 10.3. The van der Waals surface area contributed by atoms with Gasteiger partial charge in [0.1, 0.15) is 0 Å². The van der Waals surface area contributed by atoms with Crippen LogP contribution in [0.15, 0.2) is 30.3 Å². The Morgan fingerprint density at radius 1 is 1.41 bits per heavy atom. The molecule has 0 spiro atoms. The Kier molecular flexibility index (Phi) is 7.96. The Balaban J connectivity index is 0.000000437. The first-order valence-electron chi connectivity index (χ1n) is 5.41. The number of amides is 1. The summed E-state index contributed by atoms with van der Waals surface area (Å²) in [5.74, 6) is -0.468. The van der Waals surface area contributed by atoms with Gasteiger partial charge in [-0.15, -0.1) is 0 Å². The lowest BCUT2D eigenvalue weighted by molar-refractivity contribution is -0.116. The van der Waals surface area contributed by atoms with Crippen molar-refractivity contribution < 1.29 is 9.90 Å². The van der Waals surface area contributed by atoms with E-state index in [0.29, 0.717) is 0 Å². The first-order valence-corrected chi connectivity index (χ1v) is 5.41. The normalized spacial score (nSPS) is 13.2. The summed E-state index contributed by atoms with van der Waals surface area (Å²) in [6.07, 6.45) is -0.420. The van der Waals surface area contributed by atoms with Crippen molar-refractivity contribution in [3.05, 3.63) is 35.9 Å². The molecular weight excluding hydrogens is 218 g/mol. The average molecular weight is 239 g/mol. The second kappa shape index (κ2) is 8.69. The largest absolute Gasteiger partial charge is 0.387 e. The SMILES string of the molecule is CN[C@H](C)[C@H](O)c1ccccc1.NCC(N)=O. The number of aliphatic hydroxyl groups excluding tert-OH is 1. The highest BCUT2D eigenvalue weighted by Gasteiger charge is 2.12. The van der Waals surface area contributed by atoms with E-state index in [-0.39, 0.29) is 12.6 Å². The molecule has 17 heavy (non-hydrogen) atoms. The van der Waals surface area contributed by atoms with Crippen molar-refractivity contribution in [3.8, 4) is 0 Å². The second-order valence-corrected chi connectivity index (χ2v) is 3.60. The molecular formula is C12H21N3O2. The fraction of sp³-hybridized carbons (Fsp3) is 0.417. The van der Waals surface area contributed by atoms with Crippen molar-refractivity contribution in [2.24, 2.45) is 11.5 Å². The molecule has 96 valence electrons. The quantitative estimate of drug-likeness (QED) is 0.582. The van der Waals surface area contributed by atoms with Crippen LogP contribution in [-0.4, -0.2) is 30.6 Å². The third-order valence-electron chi connectivity index (χ3n) is 2.27. The summed E-state index contributed by atoms with van der Waals surface area (Å²) in [4.78, 5) is 9.47. The van der Waals surface area contributed by atoms with E-state index in [2.05, 4.69) is 11.1 Å². The van der Waals surface area contributed by atoms with Crippen molar-refractivity contribution >= 4 is 5.91 Å². The maximum Gasteiger partial charge on any atom is 0.231 e. The molecule has 0 saturated heterocycles. The Morgan fingerprint density at radius 2 is 1.88 bits per heavy atom. The van der Waals surface area contributed by atoms with E-state index in [0.717, 1.165) is 5.56 Å². The molecule has 0 aliphatic heterocycles. The minimum absolute atomic E-state index is 0.0556. The highest BCUT2D eigenvalue weighted by molar-refractivity contribution is 5.75. The van der Waals surface area contributed by atoms with Gasteiger partial charge in [0.2, 0.25) is 5.91 Å². The molecule has 2 atom stereocenters. The van der Waals surface area contributed by atoms with E-state index >= 15 is 0 Å². The van der Waals surface area contributed by atoms with Crippen LogP contribution in [0.1, 0.15) is 18.6 Å². The average Bonchev–Trinajstić information content (AvgIpc) is 2.38. The summed E-state index contributed by atoms with van der Waals surface area (Å²) < 4.78 is 0. The van der Waals surface area contributed by atoms with Gasteiger partial charge < -0.3 is 21.9 Å². The van der Waals surface area contributed by atoms with Crippen LogP contribution in [0.5, 0.6) is 0 Å². The van der Waals surface area contributed by atoms with Crippen LogP contribution < -0.4 is 16.8 Å². The number of carbonyl (C=O) groups excluding carboxylic acids is 1. The smallest absolute Gasteiger partial charge is 0.231 e. The number of carbonyl (C=O) groups is 1. The van der Waals surface area contributed by atoms with Gasteiger partial charge in [-0.3, -0.25) is 4.79 Å². The lowest BCUT2D eigenvalue weighted by atomic mass is 10.0. The molecule has 1 aromatic carbocycles. The molecule has 5 heteroatoms. The first kappa shape index (κ1) is 15.6. The Labute approximate surface area is 102 Å². The van der Waals surface area contributed by atoms with Crippen molar-refractivity contribution in [1.82, 2.24) is 5.32 Å². The lowest BCUT2D eigenvalue weighted by Crippen LogP contribution is -2.28. The van der Waals surface area contributed by atoms with Gasteiger partial charge in [0, 0.05) is 6.04 Å². The highest BCUT2D eigenvalue weighted by atomic mass is 16.3. The monoisotopic (exact) mass is 239 g/mol. The van der Waals surface area contributed by atoms with Crippen molar-refractivity contribution in [1.29, 1.82) is 0 Å².